The Bertz CT molecular complexity index is 732. The molecule has 1 N–H and O–H groups in total. The van der Waals surface area contributed by atoms with Gasteiger partial charge >= 0.3 is 6.03 Å². The van der Waals surface area contributed by atoms with Crippen LogP contribution in [0.25, 0.3) is 0 Å². The molecule has 4 nitrogen and oxygen atoms in total. The molecule has 0 aliphatic carbocycles. The summed E-state index contributed by atoms with van der Waals surface area (Å²) in [7, 11) is 0. The summed E-state index contributed by atoms with van der Waals surface area (Å²) in [6.45, 7) is 3.70. The second kappa shape index (κ2) is 8.59. The van der Waals surface area contributed by atoms with Gasteiger partial charge in [-0.2, -0.15) is 0 Å². The fourth-order valence-electron chi connectivity index (χ4n) is 2.96. The zero-order chi connectivity index (χ0) is 17.6. The highest BCUT2D eigenvalue weighted by atomic mass is 79.9. The molecule has 6 heteroatoms. The predicted molar refractivity (Wildman–Crippen MR) is 106 cm³/mol. The quantitative estimate of drug-likeness (QED) is 0.802. The van der Waals surface area contributed by atoms with Crippen molar-refractivity contribution in [1.29, 1.82) is 0 Å². The number of nitrogens with one attached hydrogen (secondary N) is 1. The van der Waals surface area contributed by atoms with Crippen LogP contribution >= 0.6 is 27.5 Å². The Morgan fingerprint density at radius 1 is 1.08 bits per heavy atom. The number of hydrogen-bond acceptors (Lipinski definition) is 2. The highest BCUT2D eigenvalue weighted by Crippen LogP contribution is 2.21. The van der Waals surface area contributed by atoms with Gasteiger partial charge in [0.05, 0.1) is 0 Å². The minimum absolute atomic E-state index is 0.0118. The molecule has 132 valence electrons. The molecule has 0 radical (unpaired) electrons. The average Bonchev–Trinajstić information content (AvgIpc) is 2.63. The minimum atomic E-state index is 0.0118. The normalized spacial score (nSPS) is 14.5. The number of nitrogens with zero attached hydrogens (tertiary/aromatic N) is 2. The maximum atomic E-state index is 12.3. The van der Waals surface area contributed by atoms with E-state index >= 15 is 0 Å². The summed E-state index contributed by atoms with van der Waals surface area (Å²) in [5, 5.41) is 3.76. The Labute approximate surface area is 161 Å². The van der Waals surface area contributed by atoms with Crippen LogP contribution in [0.15, 0.2) is 53.0 Å². The van der Waals surface area contributed by atoms with Crippen molar-refractivity contribution in [3.63, 3.8) is 0 Å². The van der Waals surface area contributed by atoms with E-state index in [1.807, 2.05) is 41.3 Å². The van der Waals surface area contributed by atoms with Gasteiger partial charge in [0.1, 0.15) is 0 Å². The molecule has 0 atom stereocenters. The molecule has 3 rings (SSSR count). The third-order valence-corrected chi connectivity index (χ3v) is 5.38. The molecule has 2 amide bonds. The molecule has 1 fully saturated rings. The Morgan fingerprint density at radius 3 is 2.56 bits per heavy atom. The SMILES string of the molecule is O=C(NCCc1ccccc1Br)N1CCN(c2cccc(Cl)c2)CC1. The molecule has 1 aliphatic rings. The molecule has 1 heterocycles. The molecule has 0 unspecified atom stereocenters. The highest BCUT2D eigenvalue weighted by Gasteiger charge is 2.21. The van der Waals surface area contributed by atoms with Crippen LogP contribution in [0.2, 0.25) is 5.02 Å². The zero-order valence-corrected chi connectivity index (χ0v) is 16.3. The van der Waals surface area contributed by atoms with E-state index in [9.17, 15) is 4.79 Å². The molecule has 1 aliphatic heterocycles. The first-order valence-corrected chi connectivity index (χ1v) is 9.57. The maximum absolute atomic E-state index is 12.3. The Balaban J connectivity index is 1.45. The van der Waals surface area contributed by atoms with E-state index in [0.717, 1.165) is 34.7 Å². The lowest BCUT2D eigenvalue weighted by Gasteiger charge is -2.36. The van der Waals surface area contributed by atoms with Crippen molar-refractivity contribution in [2.75, 3.05) is 37.6 Å². The van der Waals surface area contributed by atoms with Crippen LogP contribution in [0.3, 0.4) is 0 Å². The van der Waals surface area contributed by atoms with Gasteiger partial charge in [-0.25, -0.2) is 4.79 Å². The first-order chi connectivity index (χ1) is 12.1. The Kier molecular flexibility index (Phi) is 6.21. The maximum Gasteiger partial charge on any atom is 0.317 e. The summed E-state index contributed by atoms with van der Waals surface area (Å²) in [6, 6.07) is 16.0. The number of benzene rings is 2. The van der Waals surface area contributed by atoms with Crippen molar-refractivity contribution in [2.45, 2.75) is 6.42 Å². The molecule has 2 aromatic carbocycles. The van der Waals surface area contributed by atoms with Crippen molar-refractivity contribution in [3.05, 3.63) is 63.6 Å². The van der Waals surface area contributed by atoms with E-state index in [0.29, 0.717) is 19.6 Å². The number of urea groups is 1. The molecule has 2 aromatic rings. The lowest BCUT2D eigenvalue weighted by atomic mass is 10.1. The number of anilines is 1. The molecule has 25 heavy (non-hydrogen) atoms. The van der Waals surface area contributed by atoms with E-state index in [1.165, 1.54) is 5.56 Å². The molecule has 0 spiro atoms. The van der Waals surface area contributed by atoms with Gasteiger partial charge in [-0.1, -0.05) is 51.8 Å². The number of hydrogen-bond donors (Lipinski definition) is 1. The standard InChI is InChI=1S/C19H21BrClN3O/c20-18-7-2-1-4-15(18)8-9-22-19(25)24-12-10-23(11-13-24)17-6-3-5-16(21)14-17/h1-7,14H,8-13H2,(H,22,25). The Morgan fingerprint density at radius 2 is 1.84 bits per heavy atom. The smallest absolute Gasteiger partial charge is 0.317 e. The van der Waals surface area contributed by atoms with Crippen molar-refractivity contribution in [3.8, 4) is 0 Å². The lowest BCUT2D eigenvalue weighted by Crippen LogP contribution is -2.52. The molecular formula is C19H21BrClN3O. The first kappa shape index (κ1) is 18.1. The van der Waals surface area contributed by atoms with Crippen LogP contribution < -0.4 is 10.2 Å². The van der Waals surface area contributed by atoms with Crippen molar-refractivity contribution >= 4 is 39.2 Å². The largest absolute Gasteiger partial charge is 0.368 e. The average molecular weight is 423 g/mol. The van der Waals surface area contributed by atoms with Crippen LogP contribution in [0.1, 0.15) is 5.56 Å². The van der Waals surface area contributed by atoms with Crippen LogP contribution in [0.5, 0.6) is 0 Å². The first-order valence-electron chi connectivity index (χ1n) is 8.40. The Hall–Kier alpha value is -1.72. The van der Waals surface area contributed by atoms with Gasteiger partial charge in [-0.05, 0) is 36.2 Å². The number of piperazine rings is 1. The lowest BCUT2D eigenvalue weighted by molar-refractivity contribution is 0.194. The van der Waals surface area contributed by atoms with E-state index in [4.69, 9.17) is 11.6 Å². The number of halogens is 2. The number of amides is 2. The van der Waals surface area contributed by atoms with Crippen LogP contribution in [-0.4, -0.2) is 43.7 Å². The van der Waals surface area contributed by atoms with Crippen molar-refractivity contribution < 1.29 is 4.79 Å². The third-order valence-electron chi connectivity index (χ3n) is 4.37. The van der Waals surface area contributed by atoms with E-state index < -0.39 is 0 Å². The summed E-state index contributed by atoms with van der Waals surface area (Å²) < 4.78 is 1.08. The molecule has 0 saturated carbocycles. The monoisotopic (exact) mass is 421 g/mol. The van der Waals surface area contributed by atoms with E-state index in [1.54, 1.807) is 0 Å². The van der Waals surface area contributed by atoms with Crippen molar-refractivity contribution in [1.82, 2.24) is 10.2 Å². The van der Waals surface area contributed by atoms with Gasteiger partial charge in [0.15, 0.2) is 0 Å². The number of rotatable bonds is 4. The van der Waals surface area contributed by atoms with Gasteiger partial charge in [-0.15, -0.1) is 0 Å². The predicted octanol–water partition coefficient (Wildman–Crippen LogP) is 4.18. The summed E-state index contributed by atoms with van der Waals surface area (Å²) in [5.74, 6) is 0. The van der Waals surface area contributed by atoms with Gasteiger partial charge < -0.3 is 15.1 Å². The minimum Gasteiger partial charge on any atom is -0.368 e. The van der Waals surface area contributed by atoms with Crippen LogP contribution in [0, 0.1) is 0 Å². The van der Waals surface area contributed by atoms with Gasteiger partial charge in [0.2, 0.25) is 0 Å². The van der Waals surface area contributed by atoms with Crippen LogP contribution in [-0.2, 0) is 6.42 Å². The van der Waals surface area contributed by atoms with E-state index in [2.05, 4.69) is 38.3 Å². The topological polar surface area (TPSA) is 35.6 Å². The fourth-order valence-corrected chi connectivity index (χ4v) is 3.63. The summed E-state index contributed by atoms with van der Waals surface area (Å²) in [6.07, 6.45) is 0.815. The van der Waals surface area contributed by atoms with E-state index in [-0.39, 0.29) is 6.03 Å². The summed E-state index contributed by atoms with van der Waals surface area (Å²) >= 11 is 9.59. The van der Waals surface area contributed by atoms with Crippen molar-refractivity contribution in [2.24, 2.45) is 0 Å². The van der Waals surface area contributed by atoms with Crippen LogP contribution in [0.4, 0.5) is 10.5 Å². The molecule has 0 bridgehead atoms. The zero-order valence-electron chi connectivity index (χ0n) is 13.9. The van der Waals surface area contributed by atoms with Gasteiger partial charge in [-0.3, -0.25) is 0 Å². The number of carbonyl (C=O) groups is 1. The molecular weight excluding hydrogens is 402 g/mol. The second-order valence-corrected chi connectivity index (χ2v) is 7.32. The second-order valence-electron chi connectivity index (χ2n) is 6.03. The highest BCUT2D eigenvalue weighted by molar-refractivity contribution is 9.10. The molecule has 1 saturated heterocycles. The fraction of sp³-hybridized carbons (Fsp3) is 0.316. The summed E-state index contributed by atoms with van der Waals surface area (Å²) in [4.78, 5) is 16.5. The molecule has 0 aromatic heterocycles. The van der Waals surface area contributed by atoms with Gasteiger partial charge in [0, 0.05) is 47.9 Å². The number of carbonyl (C=O) groups excluding carboxylic acids is 1. The van der Waals surface area contributed by atoms with Gasteiger partial charge in [0.25, 0.3) is 0 Å². The summed E-state index contributed by atoms with van der Waals surface area (Å²) in [5.41, 5.74) is 2.31. The third kappa shape index (κ3) is 4.89.